The fourth-order valence-corrected chi connectivity index (χ4v) is 3.76. The molecule has 0 heterocycles. The van der Waals surface area contributed by atoms with Crippen LogP contribution in [0.15, 0.2) is 41.3 Å². The summed E-state index contributed by atoms with van der Waals surface area (Å²) >= 11 is 6.21. The van der Waals surface area contributed by atoms with Crippen LogP contribution in [-0.2, 0) is 9.53 Å². The normalized spacial score (nSPS) is 12.8. The Bertz CT molecular complexity index is 831. The van der Waals surface area contributed by atoms with Gasteiger partial charge in [-0.15, -0.1) is 0 Å². The van der Waals surface area contributed by atoms with Crippen molar-refractivity contribution in [2.24, 2.45) is 10.8 Å². The van der Waals surface area contributed by atoms with Crippen LogP contribution in [0.5, 0.6) is 5.75 Å². The lowest BCUT2D eigenvalue weighted by molar-refractivity contribution is -0.169. The smallest absolute Gasteiger partial charge is 0.412 e. The molecule has 0 aromatic heterocycles. The molecular weight excluding hydrogens is 411 g/mol. The van der Waals surface area contributed by atoms with Crippen LogP contribution in [0, 0.1) is 5.92 Å². The number of unbranched alkanes of at least 4 members (excludes halogenated alkanes) is 2. The van der Waals surface area contributed by atoms with Crippen LogP contribution in [-0.4, -0.2) is 19.1 Å². The Morgan fingerprint density at radius 2 is 2.00 bits per heavy atom. The molecule has 0 amide bonds. The van der Waals surface area contributed by atoms with Crippen LogP contribution < -0.4 is 14.8 Å². The molecule has 2 aromatic carbocycles. The van der Waals surface area contributed by atoms with Gasteiger partial charge in [-0.3, -0.25) is 9.32 Å². The average Bonchev–Trinajstić information content (AvgIpc) is 2.72. The Morgan fingerprint density at radius 1 is 1.21 bits per heavy atom. The summed E-state index contributed by atoms with van der Waals surface area (Å²) in [6.45, 7) is 4.78. The lowest BCUT2D eigenvalue weighted by Gasteiger charge is -2.14. The first-order valence-electron chi connectivity index (χ1n) is 9.99. The zero-order chi connectivity index (χ0) is 21.1. The molecule has 6 nitrogen and oxygen atoms in total. The Kier molecular flexibility index (Phi) is 10.4. The van der Waals surface area contributed by atoms with Gasteiger partial charge >= 0.3 is 14.1 Å². The predicted octanol–water partition coefficient (Wildman–Crippen LogP) is 5.38. The standard InChI is InChI=1S/C21H28ClN2O4P/c1-3-5-8-14-27-21(25)17(9-4-2)15-23-24-29(26)28-20-18-11-7-6-10-16(18)12-13-19(20)22/h6-7,10-13,17,23H,3-5,8-9,14-15H2,1-2H3/t17-/m0/s1. The maximum absolute atomic E-state index is 12.3. The summed E-state index contributed by atoms with van der Waals surface area (Å²) < 4.78 is 10.8. The largest absolute Gasteiger partial charge is 0.574 e. The molecule has 0 saturated heterocycles. The third-order valence-electron chi connectivity index (χ3n) is 4.45. The van der Waals surface area contributed by atoms with E-state index in [4.69, 9.17) is 20.9 Å². The number of nitrogens with zero attached hydrogens (tertiary/aromatic N) is 1. The number of hydrogen-bond acceptors (Lipinski definition) is 5. The summed E-state index contributed by atoms with van der Waals surface area (Å²) in [4.78, 5) is 28.4. The highest BCUT2D eigenvalue weighted by Gasteiger charge is 2.20. The third-order valence-corrected chi connectivity index (χ3v) is 5.39. The van der Waals surface area contributed by atoms with Gasteiger partial charge < -0.3 is 9.63 Å². The van der Waals surface area contributed by atoms with Gasteiger partial charge in [-0.2, -0.15) is 5.43 Å². The summed E-state index contributed by atoms with van der Waals surface area (Å²) in [6.07, 6.45) is 4.48. The highest BCUT2D eigenvalue weighted by molar-refractivity contribution is 7.34. The molecule has 0 fully saturated rings. The molecule has 1 unspecified atom stereocenters. The van der Waals surface area contributed by atoms with E-state index >= 15 is 0 Å². The Labute approximate surface area is 178 Å². The first kappa shape index (κ1) is 23.6. The molecule has 0 aliphatic rings. The number of nitrogens with one attached hydrogen (secondary N) is 1. The SMILES string of the molecule is CCCCCOC(=O)[C@@H](CCC)CN/N=[P+](/[O-])Oc1c(Cl)ccc2ccccc12. The monoisotopic (exact) mass is 438 g/mol. The van der Waals surface area contributed by atoms with Gasteiger partial charge in [0.25, 0.3) is 0 Å². The van der Waals surface area contributed by atoms with E-state index in [1.807, 2.05) is 37.3 Å². The van der Waals surface area contributed by atoms with Gasteiger partial charge in [-0.05, 0) is 24.3 Å². The topological polar surface area (TPSA) is 83.0 Å². The van der Waals surface area contributed by atoms with Gasteiger partial charge in [-0.1, -0.05) is 75.0 Å². The van der Waals surface area contributed by atoms with Crippen molar-refractivity contribution in [3.05, 3.63) is 41.4 Å². The molecule has 8 heteroatoms. The zero-order valence-corrected chi connectivity index (χ0v) is 18.5. The van der Waals surface area contributed by atoms with E-state index in [9.17, 15) is 9.69 Å². The van der Waals surface area contributed by atoms with Gasteiger partial charge in [0.2, 0.25) is 5.75 Å². The van der Waals surface area contributed by atoms with Crippen molar-refractivity contribution in [1.29, 1.82) is 0 Å². The highest BCUT2D eigenvalue weighted by atomic mass is 35.5. The molecule has 29 heavy (non-hydrogen) atoms. The first-order valence-corrected chi connectivity index (χ1v) is 11.5. The summed E-state index contributed by atoms with van der Waals surface area (Å²) in [5.74, 6) is -0.259. The molecule has 0 aliphatic carbocycles. The molecule has 158 valence electrons. The maximum atomic E-state index is 12.3. The van der Waals surface area contributed by atoms with Crippen LogP contribution in [0.1, 0.15) is 46.0 Å². The number of ether oxygens (including phenoxy) is 1. The van der Waals surface area contributed by atoms with Crippen molar-refractivity contribution < 1.29 is 18.9 Å². The van der Waals surface area contributed by atoms with Crippen molar-refractivity contribution in [3.8, 4) is 5.75 Å². The minimum atomic E-state index is -2.39. The number of esters is 1. The van der Waals surface area contributed by atoms with E-state index in [1.54, 1.807) is 6.07 Å². The van der Waals surface area contributed by atoms with Gasteiger partial charge in [0.1, 0.15) is 0 Å². The number of carbonyl (C=O) groups excluding carboxylic acids is 1. The Balaban J connectivity index is 1.94. The van der Waals surface area contributed by atoms with Gasteiger partial charge in [0, 0.05) is 16.8 Å². The number of carbonyl (C=O) groups is 1. The molecule has 0 radical (unpaired) electrons. The third kappa shape index (κ3) is 7.56. The van der Waals surface area contributed by atoms with E-state index in [-0.39, 0.29) is 18.4 Å². The van der Waals surface area contributed by atoms with Gasteiger partial charge in [0.15, 0.2) is 0 Å². The summed E-state index contributed by atoms with van der Waals surface area (Å²) in [5.41, 5.74) is 2.71. The van der Waals surface area contributed by atoms with Gasteiger partial charge in [0.05, 0.1) is 17.5 Å². The molecule has 0 saturated carbocycles. The fourth-order valence-electron chi connectivity index (χ4n) is 2.91. The lowest BCUT2D eigenvalue weighted by atomic mass is 10.0. The maximum Gasteiger partial charge on any atom is 0.412 e. The van der Waals surface area contributed by atoms with Crippen LogP contribution in [0.25, 0.3) is 10.8 Å². The van der Waals surface area contributed by atoms with E-state index in [2.05, 4.69) is 17.2 Å². The number of hydrogen-bond donors (Lipinski definition) is 1. The van der Waals surface area contributed by atoms with Crippen LogP contribution >= 0.6 is 19.8 Å². The van der Waals surface area contributed by atoms with Crippen molar-refractivity contribution in [3.63, 3.8) is 0 Å². The second-order valence-corrected chi connectivity index (χ2v) is 8.01. The molecule has 0 aliphatic heterocycles. The van der Waals surface area contributed by atoms with Crippen molar-refractivity contribution in [2.45, 2.75) is 46.0 Å². The highest BCUT2D eigenvalue weighted by Crippen LogP contribution is 2.37. The number of halogens is 1. The van der Waals surface area contributed by atoms with Crippen LogP contribution in [0.2, 0.25) is 5.02 Å². The minimum Gasteiger partial charge on any atom is -0.574 e. The zero-order valence-electron chi connectivity index (χ0n) is 16.9. The van der Waals surface area contributed by atoms with Gasteiger partial charge in [-0.25, -0.2) is 0 Å². The average molecular weight is 439 g/mol. The van der Waals surface area contributed by atoms with Crippen molar-refractivity contribution >= 4 is 36.5 Å². The predicted molar refractivity (Wildman–Crippen MR) is 116 cm³/mol. The second-order valence-electron chi connectivity index (χ2n) is 6.75. The Morgan fingerprint density at radius 3 is 2.76 bits per heavy atom. The Hall–Kier alpha value is -1.72. The second kappa shape index (κ2) is 12.8. The van der Waals surface area contributed by atoms with E-state index in [0.717, 1.165) is 36.5 Å². The molecule has 2 rings (SSSR count). The molecule has 0 bridgehead atoms. The number of rotatable bonds is 12. The lowest BCUT2D eigenvalue weighted by Crippen LogP contribution is -2.27. The molecule has 2 aromatic rings. The molecule has 1 N–H and O–H groups in total. The van der Waals surface area contributed by atoms with Crippen molar-refractivity contribution in [2.75, 3.05) is 13.2 Å². The summed E-state index contributed by atoms with van der Waals surface area (Å²) in [7, 11) is -2.39. The van der Waals surface area contributed by atoms with Crippen molar-refractivity contribution in [1.82, 2.24) is 5.43 Å². The number of benzene rings is 2. The molecular formula is C21H28ClN2O4P. The number of fused-ring (bicyclic) bond motifs is 1. The quantitative estimate of drug-likeness (QED) is 0.208. The summed E-state index contributed by atoms with van der Waals surface area (Å²) in [5, 5.41) is 2.05. The molecule has 0 spiro atoms. The summed E-state index contributed by atoms with van der Waals surface area (Å²) in [6, 6.07) is 11.1. The fraction of sp³-hybridized carbons (Fsp3) is 0.476. The van der Waals surface area contributed by atoms with E-state index in [1.165, 1.54) is 0 Å². The first-order chi connectivity index (χ1) is 14.1. The van der Waals surface area contributed by atoms with E-state index < -0.39 is 8.17 Å². The van der Waals surface area contributed by atoms with E-state index in [0.29, 0.717) is 23.8 Å². The van der Waals surface area contributed by atoms with Crippen LogP contribution in [0.3, 0.4) is 0 Å². The minimum absolute atomic E-state index is 0.244. The van der Waals surface area contributed by atoms with Crippen LogP contribution in [0.4, 0.5) is 0 Å². The molecule has 2 atom stereocenters.